The Kier molecular flexibility index (Phi) is 4.43. The highest BCUT2D eigenvalue weighted by Crippen LogP contribution is 2.31. The lowest BCUT2D eigenvalue weighted by Gasteiger charge is -2.09. The highest BCUT2D eigenvalue weighted by atomic mass is 35.5. The van der Waals surface area contributed by atoms with E-state index in [0.717, 1.165) is 0 Å². The van der Waals surface area contributed by atoms with Crippen molar-refractivity contribution in [2.45, 2.75) is 13.3 Å². The molecule has 0 radical (unpaired) electrons. The number of rotatable bonds is 4. The van der Waals surface area contributed by atoms with Gasteiger partial charge in [0.05, 0.1) is 25.2 Å². The minimum Gasteiger partial charge on any atom is -0.495 e. The van der Waals surface area contributed by atoms with E-state index in [1.54, 1.807) is 19.1 Å². The number of carbonyl (C=O) groups is 1. The minimum atomic E-state index is -0.336. The van der Waals surface area contributed by atoms with Gasteiger partial charge in [-0.2, -0.15) is 0 Å². The molecule has 0 aliphatic carbocycles. The number of methoxy groups -OCH3 is 1. The molecule has 0 amide bonds. The van der Waals surface area contributed by atoms with Crippen LogP contribution in [0.2, 0.25) is 5.02 Å². The van der Waals surface area contributed by atoms with Gasteiger partial charge < -0.3 is 15.2 Å². The predicted octanol–water partition coefficient (Wildman–Crippen LogP) is 2.04. The van der Waals surface area contributed by atoms with Crippen LogP contribution in [0.1, 0.15) is 12.5 Å². The molecule has 0 bridgehead atoms. The Bertz CT molecular complexity index is 393. The Hall–Kier alpha value is -1.42. The van der Waals surface area contributed by atoms with Crippen molar-refractivity contribution in [3.05, 3.63) is 22.7 Å². The molecule has 0 aliphatic rings. The Balaban J connectivity index is 2.95. The van der Waals surface area contributed by atoms with Gasteiger partial charge >= 0.3 is 5.97 Å². The van der Waals surface area contributed by atoms with Gasteiger partial charge in [-0.1, -0.05) is 11.6 Å². The van der Waals surface area contributed by atoms with E-state index in [-0.39, 0.29) is 12.4 Å². The van der Waals surface area contributed by atoms with Crippen LogP contribution in [0.3, 0.4) is 0 Å². The van der Waals surface area contributed by atoms with Crippen molar-refractivity contribution >= 4 is 23.3 Å². The van der Waals surface area contributed by atoms with Crippen molar-refractivity contribution in [1.29, 1.82) is 0 Å². The van der Waals surface area contributed by atoms with Crippen molar-refractivity contribution in [1.82, 2.24) is 0 Å². The molecule has 0 aromatic heterocycles. The molecule has 1 aromatic carbocycles. The third-order valence-electron chi connectivity index (χ3n) is 2.00. The number of anilines is 1. The summed E-state index contributed by atoms with van der Waals surface area (Å²) in [6.45, 7) is 2.09. The van der Waals surface area contributed by atoms with E-state index < -0.39 is 0 Å². The first kappa shape index (κ1) is 12.6. The second kappa shape index (κ2) is 5.61. The number of nitrogens with two attached hydrogens (primary N) is 1. The average molecular weight is 244 g/mol. The standard InChI is InChI=1S/C11H14ClNO3/c1-3-16-10(14)5-7-4-8(13)6-9(15-2)11(7)12/h4,6H,3,5,13H2,1-2H3. The summed E-state index contributed by atoms with van der Waals surface area (Å²) < 4.78 is 9.88. The molecule has 1 rings (SSSR count). The molecule has 16 heavy (non-hydrogen) atoms. The molecule has 0 saturated heterocycles. The van der Waals surface area contributed by atoms with Gasteiger partial charge in [0.15, 0.2) is 0 Å². The molecule has 0 atom stereocenters. The fourth-order valence-electron chi connectivity index (χ4n) is 1.32. The van der Waals surface area contributed by atoms with Gasteiger partial charge in [-0.05, 0) is 18.6 Å². The fourth-order valence-corrected chi connectivity index (χ4v) is 1.58. The summed E-state index contributed by atoms with van der Waals surface area (Å²) in [5, 5.41) is 0.393. The quantitative estimate of drug-likeness (QED) is 0.649. The summed E-state index contributed by atoms with van der Waals surface area (Å²) in [7, 11) is 1.49. The summed E-state index contributed by atoms with van der Waals surface area (Å²) in [4.78, 5) is 11.3. The summed E-state index contributed by atoms with van der Waals surface area (Å²) >= 11 is 6.04. The topological polar surface area (TPSA) is 61.5 Å². The molecule has 0 spiro atoms. The van der Waals surface area contributed by atoms with Crippen LogP contribution in [-0.4, -0.2) is 19.7 Å². The van der Waals surface area contributed by atoms with Crippen molar-refractivity contribution in [3.8, 4) is 5.75 Å². The van der Waals surface area contributed by atoms with Crippen LogP contribution in [0.25, 0.3) is 0 Å². The van der Waals surface area contributed by atoms with Gasteiger partial charge in [0.1, 0.15) is 5.75 Å². The molecule has 4 nitrogen and oxygen atoms in total. The number of ether oxygens (including phenoxy) is 2. The van der Waals surface area contributed by atoms with Crippen LogP contribution < -0.4 is 10.5 Å². The summed E-state index contributed by atoms with van der Waals surface area (Å²) in [6, 6.07) is 3.25. The van der Waals surface area contributed by atoms with Crippen LogP contribution in [-0.2, 0) is 16.0 Å². The first-order chi connectivity index (χ1) is 7.58. The number of carbonyl (C=O) groups excluding carboxylic acids is 1. The average Bonchev–Trinajstić information content (AvgIpc) is 2.23. The first-order valence-corrected chi connectivity index (χ1v) is 5.23. The van der Waals surface area contributed by atoms with Crippen LogP contribution >= 0.6 is 11.6 Å². The van der Waals surface area contributed by atoms with Crippen molar-refractivity contribution in [2.75, 3.05) is 19.5 Å². The monoisotopic (exact) mass is 243 g/mol. The molecule has 0 aliphatic heterocycles. The maximum absolute atomic E-state index is 11.3. The number of hydrogen-bond donors (Lipinski definition) is 1. The number of hydrogen-bond acceptors (Lipinski definition) is 4. The lowest BCUT2D eigenvalue weighted by atomic mass is 10.1. The fraction of sp³-hybridized carbons (Fsp3) is 0.364. The summed E-state index contributed by atoms with van der Waals surface area (Å²) in [5.74, 6) is 0.123. The van der Waals surface area contributed by atoms with Crippen molar-refractivity contribution in [3.63, 3.8) is 0 Å². The van der Waals surface area contributed by atoms with Gasteiger partial charge in [0.2, 0.25) is 0 Å². The Morgan fingerprint density at radius 3 is 2.75 bits per heavy atom. The normalized spacial score (nSPS) is 9.94. The zero-order valence-corrected chi connectivity index (χ0v) is 10.0. The van der Waals surface area contributed by atoms with Gasteiger partial charge in [-0.25, -0.2) is 0 Å². The van der Waals surface area contributed by atoms with Crippen LogP contribution in [0, 0.1) is 0 Å². The van der Waals surface area contributed by atoms with Gasteiger partial charge in [0, 0.05) is 11.8 Å². The zero-order valence-electron chi connectivity index (χ0n) is 9.25. The van der Waals surface area contributed by atoms with Gasteiger partial charge in [-0.3, -0.25) is 4.79 Å². The molecule has 0 fully saturated rings. The minimum absolute atomic E-state index is 0.0913. The zero-order chi connectivity index (χ0) is 12.1. The Morgan fingerprint density at radius 2 is 2.19 bits per heavy atom. The molecule has 1 aromatic rings. The van der Waals surface area contributed by atoms with E-state index >= 15 is 0 Å². The van der Waals surface area contributed by atoms with Crippen LogP contribution in [0.15, 0.2) is 12.1 Å². The molecule has 0 saturated carbocycles. The molecule has 5 heteroatoms. The predicted molar refractivity (Wildman–Crippen MR) is 62.8 cm³/mol. The number of halogens is 1. The number of benzene rings is 1. The molecular formula is C11H14ClNO3. The highest BCUT2D eigenvalue weighted by Gasteiger charge is 2.12. The second-order valence-corrected chi connectivity index (χ2v) is 3.56. The highest BCUT2D eigenvalue weighted by molar-refractivity contribution is 6.33. The van der Waals surface area contributed by atoms with E-state index in [9.17, 15) is 4.79 Å². The van der Waals surface area contributed by atoms with E-state index in [4.69, 9.17) is 26.8 Å². The molecule has 0 unspecified atom stereocenters. The number of nitrogen functional groups attached to an aromatic ring is 1. The summed E-state index contributed by atoms with van der Waals surface area (Å²) in [6.07, 6.45) is 0.0913. The second-order valence-electron chi connectivity index (χ2n) is 3.18. The molecule has 2 N–H and O–H groups in total. The molecule has 0 heterocycles. The van der Waals surface area contributed by atoms with Crippen LogP contribution in [0.4, 0.5) is 5.69 Å². The van der Waals surface area contributed by atoms with E-state index in [2.05, 4.69) is 0 Å². The van der Waals surface area contributed by atoms with Crippen LogP contribution in [0.5, 0.6) is 5.75 Å². The van der Waals surface area contributed by atoms with Gasteiger partial charge in [-0.15, -0.1) is 0 Å². The van der Waals surface area contributed by atoms with E-state index in [0.29, 0.717) is 28.6 Å². The lowest BCUT2D eigenvalue weighted by Crippen LogP contribution is -2.08. The third kappa shape index (κ3) is 3.03. The van der Waals surface area contributed by atoms with E-state index in [1.165, 1.54) is 7.11 Å². The van der Waals surface area contributed by atoms with Crippen molar-refractivity contribution < 1.29 is 14.3 Å². The maximum atomic E-state index is 11.3. The lowest BCUT2D eigenvalue weighted by molar-refractivity contribution is -0.142. The first-order valence-electron chi connectivity index (χ1n) is 4.86. The van der Waals surface area contributed by atoms with Gasteiger partial charge in [0.25, 0.3) is 0 Å². The van der Waals surface area contributed by atoms with Crippen molar-refractivity contribution in [2.24, 2.45) is 0 Å². The Morgan fingerprint density at radius 1 is 1.50 bits per heavy atom. The van der Waals surface area contributed by atoms with E-state index in [1.807, 2.05) is 0 Å². The SMILES string of the molecule is CCOC(=O)Cc1cc(N)cc(OC)c1Cl. The smallest absolute Gasteiger partial charge is 0.310 e. The largest absolute Gasteiger partial charge is 0.495 e. The number of esters is 1. The maximum Gasteiger partial charge on any atom is 0.310 e. The third-order valence-corrected chi connectivity index (χ3v) is 2.43. The Labute approximate surface area is 99.3 Å². The molecule has 88 valence electrons. The summed E-state index contributed by atoms with van der Waals surface area (Å²) in [5.41, 5.74) is 6.77. The molecular weight excluding hydrogens is 230 g/mol.